The van der Waals surface area contributed by atoms with Crippen molar-refractivity contribution in [3.05, 3.63) is 96.8 Å². The topological polar surface area (TPSA) is 32.0 Å². The van der Waals surface area contributed by atoms with Crippen molar-refractivity contribution in [2.24, 2.45) is 0 Å². The molecular formula is C26H22FN4+. The van der Waals surface area contributed by atoms with Gasteiger partial charge in [-0.1, -0.05) is 18.2 Å². The standard InChI is InChI=1S/C26H21FN4/c1-30(2)22-13-15-24-26(17-22)31(21-11-8-18(27)9-12-21)25-16-20(10-14-23(25)29-24)28-19-6-4-3-5-7-19/h3-17H,1-2H3/p+1. The summed E-state index contributed by atoms with van der Waals surface area (Å²) in [6, 6.07) is 28.9. The van der Waals surface area contributed by atoms with Crippen LogP contribution in [0.25, 0.3) is 27.8 Å². The van der Waals surface area contributed by atoms with Crippen molar-refractivity contribution in [1.82, 2.24) is 4.98 Å². The first-order valence-corrected chi connectivity index (χ1v) is 10.1. The smallest absolute Gasteiger partial charge is 0.239 e. The van der Waals surface area contributed by atoms with Crippen LogP contribution in [0.5, 0.6) is 0 Å². The highest BCUT2D eigenvalue weighted by atomic mass is 19.1. The first kappa shape index (κ1) is 19.0. The highest BCUT2D eigenvalue weighted by Gasteiger charge is 2.21. The molecule has 0 unspecified atom stereocenters. The second kappa shape index (κ2) is 7.69. The SMILES string of the molecule is CN(C)c1ccc2nc3ccc(Nc4ccccc4)cc3[n+](-c3ccc(F)cc3)c2c1. The van der Waals surface area contributed by atoms with E-state index in [2.05, 4.69) is 33.0 Å². The van der Waals surface area contributed by atoms with E-state index in [1.165, 1.54) is 12.1 Å². The van der Waals surface area contributed by atoms with Gasteiger partial charge in [0.15, 0.2) is 0 Å². The molecule has 1 heterocycles. The predicted octanol–water partition coefficient (Wildman–Crippen LogP) is 5.61. The Morgan fingerprint density at radius 1 is 0.742 bits per heavy atom. The molecule has 0 amide bonds. The molecule has 31 heavy (non-hydrogen) atoms. The molecule has 0 aliphatic rings. The maximum Gasteiger partial charge on any atom is 0.239 e. The highest BCUT2D eigenvalue weighted by molar-refractivity contribution is 5.86. The number of hydrogen-bond acceptors (Lipinski definition) is 3. The zero-order valence-corrected chi connectivity index (χ0v) is 17.4. The lowest BCUT2D eigenvalue weighted by Crippen LogP contribution is -2.33. The molecule has 0 spiro atoms. The van der Waals surface area contributed by atoms with Gasteiger partial charge in [-0.2, -0.15) is 0 Å². The second-order valence-corrected chi connectivity index (χ2v) is 7.69. The molecule has 0 bridgehead atoms. The monoisotopic (exact) mass is 409 g/mol. The van der Waals surface area contributed by atoms with Gasteiger partial charge >= 0.3 is 0 Å². The Bertz CT molecular complexity index is 1380. The zero-order valence-electron chi connectivity index (χ0n) is 17.4. The van der Waals surface area contributed by atoms with E-state index in [0.29, 0.717) is 0 Å². The molecule has 0 saturated heterocycles. The van der Waals surface area contributed by atoms with E-state index < -0.39 is 0 Å². The molecule has 0 fully saturated rings. The van der Waals surface area contributed by atoms with Crippen LogP contribution in [0.3, 0.4) is 0 Å². The molecular weight excluding hydrogens is 387 g/mol. The van der Waals surface area contributed by atoms with Gasteiger partial charge < -0.3 is 10.2 Å². The van der Waals surface area contributed by atoms with E-state index in [4.69, 9.17) is 4.98 Å². The number of hydrogen-bond donors (Lipinski definition) is 1. The Morgan fingerprint density at radius 3 is 2.13 bits per heavy atom. The fraction of sp³-hybridized carbons (Fsp3) is 0.0769. The molecule has 0 radical (unpaired) electrons. The lowest BCUT2D eigenvalue weighted by atomic mass is 10.1. The number of fused-ring (bicyclic) bond motifs is 2. The van der Waals surface area contributed by atoms with Gasteiger partial charge in [0.2, 0.25) is 16.7 Å². The number of benzene rings is 4. The Labute approximate surface area is 180 Å². The number of nitrogens with one attached hydrogen (secondary N) is 1. The molecule has 4 aromatic carbocycles. The quantitative estimate of drug-likeness (QED) is 0.309. The molecule has 5 rings (SSSR count). The third-order valence-electron chi connectivity index (χ3n) is 5.32. The molecule has 4 nitrogen and oxygen atoms in total. The zero-order chi connectivity index (χ0) is 21.4. The average molecular weight is 409 g/mol. The summed E-state index contributed by atoms with van der Waals surface area (Å²) in [5.41, 5.74) is 7.57. The average Bonchev–Trinajstić information content (AvgIpc) is 2.78. The molecule has 1 N–H and O–H groups in total. The van der Waals surface area contributed by atoms with Crippen LogP contribution in [0, 0.1) is 5.82 Å². The van der Waals surface area contributed by atoms with Crippen molar-refractivity contribution in [3.63, 3.8) is 0 Å². The van der Waals surface area contributed by atoms with E-state index in [0.717, 1.165) is 44.8 Å². The third kappa shape index (κ3) is 3.66. The molecule has 5 heteroatoms. The lowest BCUT2D eigenvalue weighted by Gasteiger charge is -2.13. The minimum Gasteiger partial charge on any atom is -0.377 e. The summed E-state index contributed by atoms with van der Waals surface area (Å²) in [6.45, 7) is 0. The summed E-state index contributed by atoms with van der Waals surface area (Å²) in [7, 11) is 4.03. The maximum atomic E-state index is 13.7. The molecule has 5 aromatic rings. The van der Waals surface area contributed by atoms with Crippen molar-refractivity contribution in [1.29, 1.82) is 0 Å². The number of rotatable bonds is 4. The van der Waals surface area contributed by atoms with Gasteiger partial charge in [-0.15, -0.1) is 4.57 Å². The Hall–Kier alpha value is -3.99. The number of aromatic nitrogens is 2. The number of anilines is 3. The van der Waals surface area contributed by atoms with Crippen molar-refractivity contribution in [3.8, 4) is 5.69 Å². The normalized spacial score (nSPS) is 11.1. The minimum atomic E-state index is -0.257. The Kier molecular flexibility index (Phi) is 4.71. The van der Waals surface area contributed by atoms with Crippen LogP contribution in [-0.2, 0) is 0 Å². The highest BCUT2D eigenvalue weighted by Crippen LogP contribution is 2.25. The van der Waals surface area contributed by atoms with Crippen LogP contribution in [0.4, 0.5) is 21.5 Å². The Morgan fingerprint density at radius 2 is 1.42 bits per heavy atom. The summed E-state index contributed by atoms with van der Waals surface area (Å²) in [6.07, 6.45) is 0. The first-order chi connectivity index (χ1) is 15.1. The minimum absolute atomic E-state index is 0.257. The first-order valence-electron chi connectivity index (χ1n) is 10.1. The fourth-order valence-corrected chi connectivity index (χ4v) is 3.75. The van der Waals surface area contributed by atoms with Gasteiger partial charge in [-0.3, -0.25) is 0 Å². The van der Waals surface area contributed by atoms with Gasteiger partial charge in [-0.05, 0) is 48.5 Å². The van der Waals surface area contributed by atoms with Crippen LogP contribution in [-0.4, -0.2) is 19.1 Å². The summed E-state index contributed by atoms with van der Waals surface area (Å²) >= 11 is 0. The second-order valence-electron chi connectivity index (χ2n) is 7.69. The van der Waals surface area contributed by atoms with Gasteiger partial charge in [-0.25, -0.2) is 9.37 Å². The summed E-state index contributed by atoms with van der Waals surface area (Å²) in [5, 5.41) is 3.45. The molecule has 0 aliphatic carbocycles. The van der Waals surface area contributed by atoms with Gasteiger partial charge in [0.1, 0.15) is 16.9 Å². The number of nitrogens with zero attached hydrogens (tertiary/aromatic N) is 3. The van der Waals surface area contributed by atoms with E-state index in [1.807, 2.05) is 62.6 Å². The number of halogens is 1. The molecule has 0 aliphatic heterocycles. The predicted molar refractivity (Wildman–Crippen MR) is 125 cm³/mol. The molecule has 0 saturated carbocycles. The van der Waals surface area contributed by atoms with Crippen LogP contribution in [0.1, 0.15) is 0 Å². The van der Waals surface area contributed by atoms with Crippen LogP contribution in [0.15, 0.2) is 91.0 Å². The summed E-state index contributed by atoms with van der Waals surface area (Å²) in [4.78, 5) is 6.95. The molecule has 152 valence electrons. The van der Waals surface area contributed by atoms with E-state index in [1.54, 1.807) is 12.1 Å². The summed E-state index contributed by atoms with van der Waals surface area (Å²) in [5.74, 6) is -0.257. The van der Waals surface area contributed by atoms with E-state index in [-0.39, 0.29) is 5.82 Å². The largest absolute Gasteiger partial charge is 0.377 e. The van der Waals surface area contributed by atoms with E-state index in [9.17, 15) is 4.39 Å². The van der Waals surface area contributed by atoms with Crippen LogP contribution in [0.2, 0.25) is 0 Å². The van der Waals surface area contributed by atoms with Crippen molar-refractivity contribution in [2.45, 2.75) is 0 Å². The molecule has 0 atom stereocenters. The van der Waals surface area contributed by atoms with Crippen molar-refractivity contribution >= 4 is 39.1 Å². The maximum absolute atomic E-state index is 13.7. The van der Waals surface area contributed by atoms with Gasteiger partial charge in [0.25, 0.3) is 0 Å². The van der Waals surface area contributed by atoms with Crippen molar-refractivity contribution < 1.29 is 8.96 Å². The van der Waals surface area contributed by atoms with Crippen LogP contribution < -0.4 is 14.8 Å². The van der Waals surface area contributed by atoms with Gasteiger partial charge in [0.05, 0.1) is 0 Å². The number of para-hydroxylation sites is 1. The third-order valence-corrected chi connectivity index (χ3v) is 5.32. The summed E-state index contributed by atoms with van der Waals surface area (Å²) < 4.78 is 15.8. The Balaban J connectivity index is 1.78. The fourth-order valence-electron chi connectivity index (χ4n) is 3.75. The van der Waals surface area contributed by atoms with Crippen molar-refractivity contribution in [2.75, 3.05) is 24.3 Å². The van der Waals surface area contributed by atoms with Crippen LogP contribution >= 0.6 is 0 Å². The van der Waals surface area contributed by atoms with Gasteiger partial charge in [0, 0.05) is 55.4 Å². The lowest BCUT2D eigenvalue weighted by molar-refractivity contribution is -0.538. The molecule has 1 aromatic heterocycles. The van der Waals surface area contributed by atoms with E-state index >= 15 is 0 Å².